The Morgan fingerprint density at radius 2 is 1.94 bits per heavy atom. The summed E-state index contributed by atoms with van der Waals surface area (Å²) in [5, 5.41) is 8.01. The Balaban J connectivity index is 2.09. The van der Waals surface area contributed by atoms with Gasteiger partial charge in [0.05, 0.1) is 31.2 Å². The minimum Gasteiger partial charge on any atom is -0.379 e. The monoisotopic (exact) mass is 255 g/mol. The zero-order valence-electron chi connectivity index (χ0n) is 11.9. The van der Waals surface area contributed by atoms with Gasteiger partial charge in [0, 0.05) is 12.6 Å². The summed E-state index contributed by atoms with van der Waals surface area (Å²) in [6.07, 6.45) is 4.06. The lowest BCUT2D eigenvalue weighted by molar-refractivity contribution is 0.0190. The lowest BCUT2D eigenvalue weighted by Gasteiger charge is -2.10. The van der Waals surface area contributed by atoms with E-state index in [9.17, 15) is 0 Å². The van der Waals surface area contributed by atoms with Gasteiger partial charge in [-0.1, -0.05) is 5.21 Å². The molecule has 1 rings (SSSR count). The third kappa shape index (κ3) is 5.60. The van der Waals surface area contributed by atoms with Crippen LogP contribution in [0.2, 0.25) is 0 Å². The van der Waals surface area contributed by atoms with Gasteiger partial charge in [-0.15, -0.1) is 5.10 Å². The van der Waals surface area contributed by atoms with Crippen LogP contribution in [0.4, 0.5) is 0 Å². The molecule has 0 aliphatic carbocycles. The van der Waals surface area contributed by atoms with Crippen LogP contribution in [0.15, 0.2) is 6.20 Å². The van der Waals surface area contributed by atoms with Crippen molar-refractivity contribution in [3.63, 3.8) is 0 Å². The van der Waals surface area contributed by atoms with Gasteiger partial charge in [0.1, 0.15) is 0 Å². The minimum absolute atomic E-state index is 0.278. The molecule has 5 heteroatoms. The summed E-state index contributed by atoms with van der Waals surface area (Å²) in [5.41, 5.74) is 1.17. The van der Waals surface area contributed by atoms with Crippen LogP contribution >= 0.6 is 0 Å². The van der Waals surface area contributed by atoms with Crippen LogP contribution in [0.25, 0.3) is 0 Å². The molecule has 0 fully saturated rings. The number of aryl methyl sites for hydroxylation is 1. The molecule has 0 N–H and O–H groups in total. The Kier molecular flexibility index (Phi) is 6.90. The number of rotatable bonds is 9. The fourth-order valence-corrected chi connectivity index (χ4v) is 1.68. The van der Waals surface area contributed by atoms with Crippen LogP contribution < -0.4 is 0 Å². The van der Waals surface area contributed by atoms with Gasteiger partial charge in [0.25, 0.3) is 0 Å². The standard InChI is InChI=1S/C13H25N3O2/c1-11(2)16-13(10-14-15-16)6-5-7-17-8-9-18-12(3)4/h10-12H,5-9H2,1-4H3. The zero-order chi connectivity index (χ0) is 13.4. The molecule has 1 aromatic heterocycles. The molecular weight excluding hydrogens is 230 g/mol. The second kappa shape index (κ2) is 8.21. The number of hydrogen-bond donors (Lipinski definition) is 0. The van der Waals surface area contributed by atoms with Crippen LogP contribution in [-0.2, 0) is 15.9 Å². The van der Waals surface area contributed by atoms with E-state index in [0.29, 0.717) is 19.3 Å². The van der Waals surface area contributed by atoms with Gasteiger partial charge in [-0.3, -0.25) is 0 Å². The average Bonchev–Trinajstić information content (AvgIpc) is 2.75. The maximum atomic E-state index is 5.51. The van der Waals surface area contributed by atoms with Crippen molar-refractivity contribution >= 4 is 0 Å². The average molecular weight is 255 g/mol. The summed E-state index contributed by atoms with van der Waals surface area (Å²) in [7, 11) is 0. The van der Waals surface area contributed by atoms with Crippen molar-refractivity contribution in [3.8, 4) is 0 Å². The normalized spacial score (nSPS) is 11.7. The molecule has 0 unspecified atom stereocenters. The second-order valence-electron chi connectivity index (χ2n) is 4.90. The van der Waals surface area contributed by atoms with Crippen LogP contribution in [0.1, 0.15) is 45.9 Å². The molecule has 0 radical (unpaired) electrons. The Morgan fingerprint density at radius 3 is 2.61 bits per heavy atom. The summed E-state index contributed by atoms with van der Waals surface area (Å²) in [6, 6.07) is 0.364. The highest BCUT2D eigenvalue weighted by molar-refractivity contribution is 4.95. The third-order valence-electron chi connectivity index (χ3n) is 2.54. The van der Waals surface area contributed by atoms with Crippen molar-refractivity contribution < 1.29 is 9.47 Å². The van der Waals surface area contributed by atoms with E-state index in [1.54, 1.807) is 0 Å². The number of nitrogens with zero attached hydrogens (tertiary/aromatic N) is 3. The fourth-order valence-electron chi connectivity index (χ4n) is 1.68. The summed E-state index contributed by atoms with van der Waals surface area (Å²) in [5.74, 6) is 0. The first kappa shape index (κ1) is 15.1. The summed E-state index contributed by atoms with van der Waals surface area (Å²) >= 11 is 0. The molecule has 0 saturated heterocycles. The zero-order valence-corrected chi connectivity index (χ0v) is 11.9. The molecule has 0 bridgehead atoms. The van der Waals surface area contributed by atoms with Gasteiger partial charge < -0.3 is 9.47 Å². The Labute approximate surface area is 109 Å². The first-order valence-corrected chi connectivity index (χ1v) is 6.69. The minimum atomic E-state index is 0.278. The van der Waals surface area contributed by atoms with Crippen molar-refractivity contribution in [3.05, 3.63) is 11.9 Å². The molecule has 0 aliphatic heterocycles. The molecule has 0 aromatic carbocycles. The van der Waals surface area contributed by atoms with Crippen molar-refractivity contribution in [1.82, 2.24) is 15.0 Å². The predicted octanol–water partition coefficient (Wildman–Crippen LogP) is 2.23. The maximum absolute atomic E-state index is 5.51. The van der Waals surface area contributed by atoms with Gasteiger partial charge in [0.15, 0.2) is 0 Å². The number of aromatic nitrogens is 3. The summed E-state index contributed by atoms with van der Waals surface area (Å²) in [6.45, 7) is 10.4. The second-order valence-corrected chi connectivity index (χ2v) is 4.90. The molecule has 1 heterocycles. The third-order valence-corrected chi connectivity index (χ3v) is 2.54. The molecular formula is C13H25N3O2. The van der Waals surface area contributed by atoms with E-state index >= 15 is 0 Å². The lowest BCUT2D eigenvalue weighted by atomic mass is 10.2. The first-order valence-electron chi connectivity index (χ1n) is 6.69. The van der Waals surface area contributed by atoms with E-state index in [1.165, 1.54) is 5.69 Å². The quantitative estimate of drug-likeness (QED) is 0.635. The first-order chi connectivity index (χ1) is 8.61. The van der Waals surface area contributed by atoms with Crippen molar-refractivity contribution in [2.75, 3.05) is 19.8 Å². The van der Waals surface area contributed by atoms with Crippen molar-refractivity contribution in [1.29, 1.82) is 0 Å². The van der Waals surface area contributed by atoms with E-state index in [2.05, 4.69) is 24.2 Å². The van der Waals surface area contributed by atoms with E-state index in [4.69, 9.17) is 9.47 Å². The van der Waals surface area contributed by atoms with Gasteiger partial charge in [-0.2, -0.15) is 0 Å². The smallest absolute Gasteiger partial charge is 0.0725 e. The van der Waals surface area contributed by atoms with Gasteiger partial charge in [0.2, 0.25) is 0 Å². The van der Waals surface area contributed by atoms with E-state index in [1.807, 2.05) is 24.7 Å². The summed E-state index contributed by atoms with van der Waals surface area (Å²) < 4.78 is 12.9. The Morgan fingerprint density at radius 1 is 1.17 bits per heavy atom. The Bertz CT molecular complexity index is 324. The van der Waals surface area contributed by atoms with Crippen LogP contribution in [0.5, 0.6) is 0 Å². The molecule has 1 aromatic rings. The molecule has 0 aliphatic rings. The van der Waals surface area contributed by atoms with Crippen LogP contribution in [-0.4, -0.2) is 40.9 Å². The maximum Gasteiger partial charge on any atom is 0.0725 e. The topological polar surface area (TPSA) is 49.2 Å². The van der Waals surface area contributed by atoms with Gasteiger partial charge >= 0.3 is 0 Å². The largest absolute Gasteiger partial charge is 0.379 e. The van der Waals surface area contributed by atoms with E-state index in [-0.39, 0.29) is 6.10 Å². The molecule has 104 valence electrons. The van der Waals surface area contributed by atoms with Gasteiger partial charge in [-0.05, 0) is 40.5 Å². The number of ether oxygens (including phenoxy) is 2. The predicted molar refractivity (Wildman–Crippen MR) is 70.6 cm³/mol. The van der Waals surface area contributed by atoms with Gasteiger partial charge in [-0.25, -0.2) is 4.68 Å². The molecule has 0 spiro atoms. The van der Waals surface area contributed by atoms with Crippen molar-refractivity contribution in [2.24, 2.45) is 0 Å². The Hall–Kier alpha value is -0.940. The molecule has 5 nitrogen and oxygen atoms in total. The lowest BCUT2D eigenvalue weighted by Crippen LogP contribution is -2.11. The molecule has 0 atom stereocenters. The highest BCUT2D eigenvalue weighted by Gasteiger charge is 2.06. The van der Waals surface area contributed by atoms with Crippen LogP contribution in [0.3, 0.4) is 0 Å². The molecule has 18 heavy (non-hydrogen) atoms. The van der Waals surface area contributed by atoms with E-state index in [0.717, 1.165) is 19.4 Å². The summed E-state index contributed by atoms with van der Waals surface area (Å²) in [4.78, 5) is 0. The van der Waals surface area contributed by atoms with E-state index < -0.39 is 0 Å². The molecule has 0 saturated carbocycles. The SMILES string of the molecule is CC(C)OCCOCCCc1cnnn1C(C)C. The fraction of sp³-hybridized carbons (Fsp3) is 0.846. The molecule has 0 amide bonds. The van der Waals surface area contributed by atoms with Crippen LogP contribution in [0, 0.1) is 0 Å². The van der Waals surface area contributed by atoms with Crippen molar-refractivity contribution in [2.45, 2.75) is 52.7 Å². The highest BCUT2D eigenvalue weighted by Crippen LogP contribution is 2.08. The number of hydrogen-bond acceptors (Lipinski definition) is 4. The highest BCUT2D eigenvalue weighted by atomic mass is 16.5.